The quantitative estimate of drug-likeness (QED) is 0.170. The molecule has 1 saturated heterocycles. The number of hydrogen-bond acceptors (Lipinski definition) is 11. The normalized spacial score (nSPS) is 19.7. The molecule has 80 heavy (non-hydrogen) atoms. The van der Waals surface area contributed by atoms with E-state index in [1.165, 1.54) is 19.6 Å². The van der Waals surface area contributed by atoms with Crippen molar-refractivity contribution in [3.05, 3.63) is 212 Å². The van der Waals surface area contributed by atoms with Crippen LogP contribution >= 0.6 is 0 Å². The fraction of sp³-hybridized carbons (Fsp3) is 0.134. The summed E-state index contributed by atoms with van der Waals surface area (Å²) in [5, 5.41) is 0. The van der Waals surface area contributed by atoms with Crippen molar-refractivity contribution in [1.82, 2.24) is 0 Å². The maximum atomic E-state index is 9.21. The third-order valence-electron chi connectivity index (χ3n) is 15.6. The first-order valence-corrected chi connectivity index (χ1v) is 31.0. The molecule has 0 amide bonds. The summed E-state index contributed by atoms with van der Waals surface area (Å²) in [4.78, 5) is 20.5. The van der Waals surface area contributed by atoms with Gasteiger partial charge in [0.2, 0.25) is 0 Å². The molecule has 0 radical (unpaired) electrons. The van der Waals surface area contributed by atoms with Gasteiger partial charge in [-0.2, -0.15) is 0 Å². The van der Waals surface area contributed by atoms with Crippen LogP contribution in [0.4, 0.5) is 108 Å². The van der Waals surface area contributed by atoms with Crippen LogP contribution in [0.3, 0.4) is 0 Å². The van der Waals surface area contributed by atoms with Gasteiger partial charge in [0.25, 0.3) is 0 Å². The van der Waals surface area contributed by atoms with Gasteiger partial charge >= 0.3 is 503 Å². The van der Waals surface area contributed by atoms with Crippen molar-refractivity contribution in [2.75, 3.05) is 94.9 Å². The minimum atomic E-state index is -2.66. The number of rotatable bonds is 3. The number of nitrogens with zero attached hydrogens (tertiary/aromatic N) is 11. The van der Waals surface area contributed by atoms with Crippen molar-refractivity contribution in [2.24, 2.45) is 0 Å². The van der Waals surface area contributed by atoms with Crippen molar-refractivity contribution in [2.45, 2.75) is 19.8 Å². The molecule has 0 atom stereocenters. The number of anilines is 19. The average molecular weight is 1420 g/mol. The summed E-state index contributed by atoms with van der Waals surface area (Å²) in [6, 6.07) is 67.1. The molecule has 16 rings (SSSR count). The van der Waals surface area contributed by atoms with Crippen molar-refractivity contribution >= 4 is 125 Å². The van der Waals surface area contributed by atoms with Crippen LogP contribution in [0.5, 0.6) is 0 Å². The molecule has 0 unspecified atom stereocenters. The standard InChI is InChI=1S/C67H57N11.2Pt/c1-48-36-56(75-46-70(4)62-24-8-12-28-66(62)75)42-58(37-48)77(53-20-16-18-51(38-53)73-44-68(2)60-22-6-10-26-64(60)73)49-30-32-50(33-31-49)78(54-21-17-19-52(39-54)74-45-69(3)61-23-7-11-27-65(61)74)59-41-55(72-34-14-15-35-72)40-57(43-59)76-47-71(5)63-25-9-13-29-67(63)76;;/h6-13,16-33,36-43H,14-15,34-35H2,1-5H3;;/i2D3,3D3,4D3,5D3;;. The number of benzene rings is 9. The van der Waals surface area contributed by atoms with Crippen molar-refractivity contribution in [3.63, 3.8) is 0 Å². The Balaban J connectivity index is 0.923. The number of fused-ring (bicyclic) bond motifs is 24. The molecular weight excluding hydrogens is 1350 g/mol. The Morgan fingerprint density at radius 1 is 0.287 bits per heavy atom. The first-order valence-electron chi connectivity index (χ1n) is 32.4. The SMILES string of the molecule is [2H]C([2H])([2H])N1[C]2=[Pt]=[C]3N(c4cc(C)cc(c4)N(c4ccc(N5c6cccc(c6)N6[C](=[Pt]=[C]7N(c8cc(N9CCCC9)cc5c8)c5ccccc5N7C([2H])([2H])[2H])N(C([2H])([2H])[2H])c5ccccc56)cc4)c4cccc(c4)N2c2ccccc21)c1ccccc1N3C([2H])([2H])[2H]. The average Bonchev–Trinajstić information content (AvgIpc) is 1.57. The number of para-hydroxylation sites is 8. The van der Waals surface area contributed by atoms with Crippen LogP contribution in [0.2, 0.25) is 0 Å². The van der Waals surface area contributed by atoms with Crippen LogP contribution in [0.15, 0.2) is 206 Å². The first kappa shape index (κ1) is 36.7. The Labute approximate surface area is 500 Å². The predicted octanol–water partition coefficient (Wildman–Crippen LogP) is 14.4. The summed E-state index contributed by atoms with van der Waals surface area (Å²) in [5.74, 6) is 0. The fourth-order valence-corrected chi connectivity index (χ4v) is 18.4. The maximum absolute atomic E-state index is 9.21. The molecule has 400 valence electrons. The topological polar surface area (TPSA) is 35.6 Å². The molecule has 11 nitrogen and oxygen atoms in total. The van der Waals surface area contributed by atoms with E-state index in [2.05, 4.69) is 92.4 Å². The van der Waals surface area contributed by atoms with E-state index in [0.717, 1.165) is 77.0 Å². The Morgan fingerprint density at radius 2 is 0.575 bits per heavy atom. The first-order chi connectivity index (χ1) is 44.1. The van der Waals surface area contributed by atoms with Gasteiger partial charge in [0.1, 0.15) is 0 Å². The van der Waals surface area contributed by atoms with Crippen LogP contribution in [0.25, 0.3) is 0 Å². The second kappa shape index (κ2) is 18.3. The Bertz CT molecular complexity index is 4700. The van der Waals surface area contributed by atoms with Gasteiger partial charge in [-0.25, -0.2) is 0 Å². The number of aryl methyl sites for hydroxylation is 1. The molecule has 0 aliphatic carbocycles. The molecule has 13 heteroatoms. The molecule has 9 aromatic carbocycles. The van der Waals surface area contributed by atoms with Crippen LogP contribution < -0.4 is 53.9 Å². The van der Waals surface area contributed by atoms with E-state index in [9.17, 15) is 4.11 Å². The molecule has 7 heterocycles. The van der Waals surface area contributed by atoms with Crippen molar-refractivity contribution in [1.29, 1.82) is 0 Å². The van der Waals surface area contributed by atoms with Gasteiger partial charge in [0.15, 0.2) is 0 Å². The van der Waals surface area contributed by atoms with Gasteiger partial charge in [-0.15, -0.1) is 0 Å². The molecule has 0 aromatic heterocycles. The van der Waals surface area contributed by atoms with E-state index in [0.29, 0.717) is 79.1 Å². The Kier molecular flexibility index (Phi) is 8.43. The summed E-state index contributed by atoms with van der Waals surface area (Å²) >= 11 is -3.33. The molecule has 0 saturated carbocycles. The summed E-state index contributed by atoms with van der Waals surface area (Å²) in [7, 11) is 0. The molecule has 9 aromatic rings. The van der Waals surface area contributed by atoms with Gasteiger partial charge in [-0.3, -0.25) is 0 Å². The van der Waals surface area contributed by atoms with E-state index in [-0.39, 0.29) is 0 Å². The Morgan fingerprint density at radius 3 is 0.950 bits per heavy atom. The molecule has 0 spiro atoms. The fourth-order valence-electron chi connectivity index (χ4n) is 12.0. The van der Waals surface area contributed by atoms with Crippen LogP contribution in [0, 0.1) is 6.92 Å². The summed E-state index contributed by atoms with van der Waals surface area (Å²) in [6.45, 7) is -6.92. The van der Waals surface area contributed by atoms with Crippen molar-refractivity contribution < 1.29 is 51.7 Å². The summed E-state index contributed by atoms with van der Waals surface area (Å²) < 4.78 is 112. The van der Waals surface area contributed by atoms with Crippen molar-refractivity contribution in [3.8, 4) is 0 Å². The third-order valence-corrected chi connectivity index (χ3v) is 21.7. The van der Waals surface area contributed by atoms with Crippen LogP contribution in [-0.4, -0.2) is 57.6 Å². The summed E-state index contributed by atoms with van der Waals surface area (Å²) in [5.41, 5.74) is 14.0. The van der Waals surface area contributed by atoms with E-state index >= 15 is 0 Å². The van der Waals surface area contributed by atoms with Crippen LogP contribution in [0.1, 0.15) is 34.9 Å². The molecular formula is C67H57N11Pt2. The predicted molar refractivity (Wildman–Crippen MR) is 330 cm³/mol. The second-order valence-corrected chi connectivity index (χ2v) is 25.6. The molecule has 7 aliphatic rings. The van der Waals surface area contributed by atoms with Gasteiger partial charge in [-0.1, -0.05) is 0 Å². The summed E-state index contributed by atoms with van der Waals surface area (Å²) in [6.07, 6.45) is 2.02. The zero-order chi connectivity index (χ0) is 63.5. The third kappa shape index (κ3) is 7.26. The monoisotopic (exact) mass is 1420 g/mol. The van der Waals surface area contributed by atoms with E-state index < -0.39 is 63.2 Å². The van der Waals surface area contributed by atoms with E-state index in [4.69, 9.17) is 12.3 Å². The zero-order valence-electron chi connectivity index (χ0n) is 55.0. The molecule has 7 aliphatic heterocycles. The van der Waals surface area contributed by atoms with E-state index in [1.54, 1.807) is 0 Å². The molecule has 1 fully saturated rings. The van der Waals surface area contributed by atoms with Crippen LogP contribution in [-0.2, 0) is 35.3 Å². The zero-order valence-corrected chi connectivity index (χ0v) is 47.6. The number of hydrogen-bond donors (Lipinski definition) is 0. The van der Waals surface area contributed by atoms with Gasteiger partial charge in [0, 0.05) is 0 Å². The van der Waals surface area contributed by atoms with Gasteiger partial charge in [0.05, 0.1) is 0 Å². The molecule has 8 bridgehead atoms. The van der Waals surface area contributed by atoms with Gasteiger partial charge in [-0.05, 0) is 0 Å². The van der Waals surface area contributed by atoms with E-state index in [1.807, 2.05) is 155 Å². The second-order valence-electron chi connectivity index (χ2n) is 20.4. The minimum absolute atomic E-state index is 0.471. The molecule has 0 N–H and O–H groups in total. The van der Waals surface area contributed by atoms with Gasteiger partial charge < -0.3 is 0 Å². The Hall–Kier alpha value is -8.36.